The van der Waals surface area contributed by atoms with Crippen molar-refractivity contribution in [2.75, 3.05) is 19.6 Å². The van der Waals surface area contributed by atoms with Gasteiger partial charge in [0, 0.05) is 41.6 Å². The van der Waals surface area contributed by atoms with Crippen LogP contribution in [0.4, 0.5) is 0 Å². The number of benzene rings is 1. The van der Waals surface area contributed by atoms with Crippen LogP contribution in [0, 0.1) is 0 Å². The van der Waals surface area contributed by atoms with Gasteiger partial charge in [-0.1, -0.05) is 29.8 Å². The number of fused-ring (bicyclic) bond motifs is 1. The Labute approximate surface area is 155 Å². The maximum absolute atomic E-state index is 13.2. The SMILES string of the molecule is O=C1NCCN(C(=O)c2cc3c(s2)CCNC3)C1c1ccccc1Cl. The Hall–Kier alpha value is -1.89. The standard InChI is InChI=1S/C18H18ClN3O2S/c19-13-4-2-1-3-12(13)16-17(23)21-7-8-22(16)18(24)15-9-11-10-20-6-5-14(11)25-15/h1-4,9,16,20H,5-8,10H2,(H,21,23). The van der Waals surface area contributed by atoms with E-state index in [1.54, 1.807) is 22.3 Å². The molecule has 2 N–H and O–H groups in total. The summed E-state index contributed by atoms with van der Waals surface area (Å²) in [5.74, 6) is -0.283. The van der Waals surface area contributed by atoms with Crippen LogP contribution in [-0.4, -0.2) is 36.3 Å². The van der Waals surface area contributed by atoms with Crippen LogP contribution in [0.3, 0.4) is 0 Å². The van der Waals surface area contributed by atoms with Crippen LogP contribution in [0.2, 0.25) is 5.02 Å². The lowest BCUT2D eigenvalue weighted by Crippen LogP contribution is -2.52. The topological polar surface area (TPSA) is 61.4 Å². The Kier molecular flexibility index (Phi) is 4.50. The van der Waals surface area contributed by atoms with Crippen molar-refractivity contribution >= 4 is 34.8 Å². The number of hydrogen-bond donors (Lipinski definition) is 2. The predicted molar refractivity (Wildman–Crippen MR) is 98.0 cm³/mol. The molecule has 1 unspecified atom stereocenters. The van der Waals surface area contributed by atoms with Crippen molar-refractivity contribution in [2.24, 2.45) is 0 Å². The number of rotatable bonds is 2. The lowest BCUT2D eigenvalue weighted by atomic mass is 10.0. The molecule has 1 aromatic carbocycles. The second-order valence-electron chi connectivity index (χ2n) is 6.20. The first-order chi connectivity index (χ1) is 12.1. The quantitative estimate of drug-likeness (QED) is 0.847. The normalized spacial score (nSPS) is 20.1. The van der Waals surface area contributed by atoms with E-state index in [0.717, 1.165) is 19.5 Å². The number of nitrogens with one attached hydrogen (secondary N) is 2. The van der Waals surface area contributed by atoms with Crippen molar-refractivity contribution in [2.45, 2.75) is 19.0 Å². The molecule has 5 nitrogen and oxygen atoms in total. The number of halogens is 1. The minimum Gasteiger partial charge on any atom is -0.352 e. The second kappa shape index (κ2) is 6.78. The molecule has 7 heteroatoms. The number of piperazine rings is 1. The molecule has 1 atom stereocenters. The molecule has 0 saturated carbocycles. The molecule has 2 aliphatic heterocycles. The minimum absolute atomic E-state index is 0.0980. The summed E-state index contributed by atoms with van der Waals surface area (Å²) in [6.45, 7) is 2.67. The third-order valence-electron chi connectivity index (χ3n) is 4.62. The van der Waals surface area contributed by atoms with Crippen molar-refractivity contribution in [3.05, 3.63) is 56.2 Å². The number of thiophene rings is 1. The summed E-state index contributed by atoms with van der Waals surface area (Å²) >= 11 is 7.84. The van der Waals surface area contributed by atoms with E-state index in [0.29, 0.717) is 28.6 Å². The van der Waals surface area contributed by atoms with Crippen LogP contribution in [0.5, 0.6) is 0 Å². The van der Waals surface area contributed by atoms with Gasteiger partial charge in [0.05, 0.1) is 4.88 Å². The van der Waals surface area contributed by atoms with Crippen molar-refractivity contribution in [3.8, 4) is 0 Å². The van der Waals surface area contributed by atoms with Crippen molar-refractivity contribution < 1.29 is 9.59 Å². The molecule has 0 radical (unpaired) electrons. The Morgan fingerprint density at radius 3 is 2.92 bits per heavy atom. The molecule has 2 aromatic rings. The average molecular weight is 376 g/mol. The third kappa shape index (κ3) is 3.05. The van der Waals surface area contributed by atoms with E-state index < -0.39 is 6.04 Å². The molecule has 2 aliphatic rings. The predicted octanol–water partition coefficient (Wildman–Crippen LogP) is 2.36. The van der Waals surface area contributed by atoms with E-state index in [2.05, 4.69) is 10.6 Å². The third-order valence-corrected chi connectivity index (χ3v) is 6.19. The van der Waals surface area contributed by atoms with Crippen LogP contribution < -0.4 is 10.6 Å². The molecule has 1 aromatic heterocycles. The lowest BCUT2D eigenvalue weighted by molar-refractivity contribution is -0.128. The van der Waals surface area contributed by atoms with Crippen molar-refractivity contribution in [1.29, 1.82) is 0 Å². The van der Waals surface area contributed by atoms with E-state index in [-0.39, 0.29) is 11.8 Å². The first kappa shape index (κ1) is 16.6. The maximum atomic E-state index is 13.2. The van der Waals surface area contributed by atoms with Gasteiger partial charge in [-0.2, -0.15) is 0 Å². The summed E-state index contributed by atoms with van der Waals surface area (Å²) in [6.07, 6.45) is 0.946. The van der Waals surface area contributed by atoms with Crippen molar-refractivity contribution in [1.82, 2.24) is 15.5 Å². The fourth-order valence-corrected chi connectivity index (χ4v) is 4.77. The van der Waals surface area contributed by atoms with Crippen LogP contribution in [0.15, 0.2) is 30.3 Å². The summed E-state index contributed by atoms with van der Waals surface area (Å²) in [5, 5.41) is 6.66. The van der Waals surface area contributed by atoms with Crippen LogP contribution in [0.25, 0.3) is 0 Å². The smallest absolute Gasteiger partial charge is 0.264 e. The van der Waals surface area contributed by atoms with Gasteiger partial charge in [0.25, 0.3) is 5.91 Å². The van der Waals surface area contributed by atoms with Gasteiger partial charge in [0.2, 0.25) is 5.91 Å². The summed E-state index contributed by atoms with van der Waals surface area (Å²) in [4.78, 5) is 29.3. The molecule has 1 saturated heterocycles. The fourth-order valence-electron chi connectivity index (χ4n) is 3.39. The Morgan fingerprint density at radius 1 is 1.28 bits per heavy atom. The number of carbonyl (C=O) groups is 2. The first-order valence-electron chi connectivity index (χ1n) is 8.30. The maximum Gasteiger partial charge on any atom is 0.264 e. The van der Waals surface area contributed by atoms with Crippen LogP contribution in [0.1, 0.15) is 31.7 Å². The van der Waals surface area contributed by atoms with E-state index in [9.17, 15) is 9.59 Å². The van der Waals surface area contributed by atoms with Gasteiger partial charge in [-0.3, -0.25) is 9.59 Å². The van der Waals surface area contributed by atoms with Gasteiger partial charge in [-0.25, -0.2) is 0 Å². The molecule has 3 heterocycles. The molecule has 130 valence electrons. The van der Waals surface area contributed by atoms with Gasteiger partial charge < -0.3 is 15.5 Å². The second-order valence-corrected chi connectivity index (χ2v) is 7.74. The summed E-state index contributed by atoms with van der Waals surface area (Å²) in [5.41, 5.74) is 1.85. The zero-order valence-electron chi connectivity index (χ0n) is 13.5. The highest BCUT2D eigenvalue weighted by Crippen LogP contribution is 2.33. The number of amides is 2. The highest BCUT2D eigenvalue weighted by Gasteiger charge is 2.36. The summed E-state index contributed by atoms with van der Waals surface area (Å²) < 4.78 is 0. The monoisotopic (exact) mass is 375 g/mol. The largest absolute Gasteiger partial charge is 0.352 e. The molecule has 0 bridgehead atoms. The molecule has 0 aliphatic carbocycles. The van der Waals surface area contributed by atoms with Gasteiger partial charge in [-0.05, 0) is 24.1 Å². The first-order valence-corrected chi connectivity index (χ1v) is 9.50. The van der Waals surface area contributed by atoms with Gasteiger partial charge in [0.15, 0.2) is 0 Å². The number of hydrogen-bond acceptors (Lipinski definition) is 4. The Bertz CT molecular complexity index is 812. The van der Waals surface area contributed by atoms with Gasteiger partial charge in [0.1, 0.15) is 6.04 Å². The van der Waals surface area contributed by atoms with Crippen LogP contribution >= 0.6 is 22.9 Å². The Balaban J connectivity index is 1.69. The van der Waals surface area contributed by atoms with Crippen molar-refractivity contribution in [3.63, 3.8) is 0 Å². The average Bonchev–Trinajstić information content (AvgIpc) is 3.06. The Morgan fingerprint density at radius 2 is 2.12 bits per heavy atom. The molecular weight excluding hydrogens is 358 g/mol. The number of carbonyl (C=O) groups excluding carboxylic acids is 2. The van der Waals surface area contributed by atoms with Gasteiger partial charge >= 0.3 is 0 Å². The van der Waals surface area contributed by atoms with Crippen LogP contribution in [-0.2, 0) is 17.8 Å². The molecule has 1 fully saturated rings. The molecule has 2 amide bonds. The molecular formula is C18H18ClN3O2S. The highest BCUT2D eigenvalue weighted by atomic mass is 35.5. The summed E-state index contributed by atoms with van der Waals surface area (Å²) in [6, 6.07) is 8.48. The number of nitrogens with zero attached hydrogens (tertiary/aromatic N) is 1. The summed E-state index contributed by atoms with van der Waals surface area (Å²) in [7, 11) is 0. The van der Waals surface area contributed by atoms with Gasteiger partial charge in [-0.15, -0.1) is 11.3 Å². The fraction of sp³-hybridized carbons (Fsp3) is 0.333. The van der Waals surface area contributed by atoms with E-state index in [1.807, 2.05) is 24.3 Å². The zero-order valence-corrected chi connectivity index (χ0v) is 15.1. The molecule has 4 rings (SSSR count). The lowest BCUT2D eigenvalue weighted by Gasteiger charge is -2.35. The van der Waals surface area contributed by atoms with E-state index in [4.69, 9.17) is 11.6 Å². The molecule has 25 heavy (non-hydrogen) atoms. The highest BCUT2D eigenvalue weighted by molar-refractivity contribution is 7.14. The molecule has 0 spiro atoms. The zero-order chi connectivity index (χ0) is 17.4. The van der Waals surface area contributed by atoms with E-state index >= 15 is 0 Å². The minimum atomic E-state index is -0.688. The van der Waals surface area contributed by atoms with E-state index in [1.165, 1.54) is 10.4 Å².